The molecule has 0 aliphatic heterocycles. The highest BCUT2D eigenvalue weighted by atomic mass is 32.2. The van der Waals surface area contributed by atoms with Crippen LogP contribution in [0.5, 0.6) is 0 Å². The Kier molecular flexibility index (Phi) is 10.8. The first-order valence-electron chi connectivity index (χ1n) is 7.30. The monoisotopic (exact) mass is 324 g/mol. The van der Waals surface area contributed by atoms with E-state index in [1.54, 1.807) is 21.3 Å². The molecule has 0 rings (SSSR count). The van der Waals surface area contributed by atoms with E-state index in [4.69, 9.17) is 13.3 Å². The molecule has 19 heavy (non-hydrogen) atoms. The van der Waals surface area contributed by atoms with Crippen LogP contribution in [0.2, 0.25) is 24.2 Å². The molecule has 0 atom stereocenters. The van der Waals surface area contributed by atoms with Crippen LogP contribution in [-0.4, -0.2) is 49.3 Å². The first-order chi connectivity index (χ1) is 9.07. The summed E-state index contributed by atoms with van der Waals surface area (Å²) in [7, 11) is 1.77. The van der Waals surface area contributed by atoms with Crippen molar-refractivity contribution < 1.29 is 13.3 Å². The van der Waals surface area contributed by atoms with Crippen LogP contribution in [0.1, 0.15) is 27.2 Å². The van der Waals surface area contributed by atoms with Crippen molar-refractivity contribution in [2.24, 2.45) is 0 Å². The van der Waals surface area contributed by atoms with E-state index >= 15 is 0 Å². The minimum absolute atomic E-state index is 0.919. The summed E-state index contributed by atoms with van der Waals surface area (Å²) in [4.78, 5) is 0. The van der Waals surface area contributed by atoms with Gasteiger partial charge in [0.25, 0.3) is 0 Å². The van der Waals surface area contributed by atoms with Gasteiger partial charge in [-0.3, -0.25) is 0 Å². The summed E-state index contributed by atoms with van der Waals surface area (Å²) in [5.41, 5.74) is 0. The maximum atomic E-state index is 5.44. The highest BCUT2D eigenvalue weighted by Gasteiger charge is 2.36. The summed E-state index contributed by atoms with van der Waals surface area (Å²) in [5.74, 6) is 1.19. The lowest BCUT2D eigenvalue weighted by Crippen LogP contribution is -2.42. The molecule has 0 fully saturated rings. The zero-order valence-electron chi connectivity index (χ0n) is 13.6. The Bertz CT molecular complexity index is 183. The summed E-state index contributed by atoms with van der Waals surface area (Å²) < 4.78 is 16.3. The standard InChI is InChI=1S/C13H32O3SSi2/c1-7-18(8-2,9-3)13-17-11-10-12-19(14-4,15-5)16-6/h7-13H2,1-6H3. The second-order valence-electron chi connectivity index (χ2n) is 5.01. The lowest BCUT2D eigenvalue weighted by Gasteiger charge is -2.28. The minimum Gasteiger partial charge on any atom is -0.377 e. The zero-order chi connectivity index (χ0) is 14.8. The van der Waals surface area contributed by atoms with Gasteiger partial charge in [0.15, 0.2) is 0 Å². The third-order valence-electron chi connectivity index (χ3n) is 4.36. The normalized spacial score (nSPS) is 12.9. The van der Waals surface area contributed by atoms with Crippen molar-refractivity contribution in [3.8, 4) is 0 Å². The van der Waals surface area contributed by atoms with Crippen LogP contribution < -0.4 is 0 Å². The number of hydrogen-bond acceptors (Lipinski definition) is 4. The highest BCUT2D eigenvalue weighted by molar-refractivity contribution is 8.00. The number of thioether (sulfide) groups is 1. The zero-order valence-corrected chi connectivity index (χ0v) is 16.4. The Labute approximate surface area is 126 Å². The first-order valence-corrected chi connectivity index (χ1v) is 13.2. The van der Waals surface area contributed by atoms with Crippen molar-refractivity contribution in [3.05, 3.63) is 0 Å². The minimum atomic E-state index is -2.34. The smallest absolute Gasteiger partial charge is 0.377 e. The van der Waals surface area contributed by atoms with Crippen LogP contribution in [0.3, 0.4) is 0 Å². The fourth-order valence-corrected chi connectivity index (χ4v) is 10.9. The van der Waals surface area contributed by atoms with Gasteiger partial charge in [-0.05, 0) is 17.5 Å². The van der Waals surface area contributed by atoms with Gasteiger partial charge in [-0.15, -0.1) is 0 Å². The van der Waals surface area contributed by atoms with E-state index in [2.05, 4.69) is 32.5 Å². The topological polar surface area (TPSA) is 27.7 Å². The quantitative estimate of drug-likeness (QED) is 0.400. The molecular formula is C13H32O3SSi2. The Morgan fingerprint density at radius 3 is 1.68 bits per heavy atom. The molecule has 0 aromatic heterocycles. The molecule has 0 spiro atoms. The Balaban J connectivity index is 3.98. The molecule has 0 saturated heterocycles. The van der Waals surface area contributed by atoms with E-state index in [1.165, 1.54) is 29.3 Å². The van der Waals surface area contributed by atoms with Crippen LogP contribution in [0, 0.1) is 0 Å². The highest BCUT2D eigenvalue weighted by Crippen LogP contribution is 2.26. The molecule has 0 bridgehead atoms. The molecule has 0 amide bonds. The molecule has 0 radical (unpaired) electrons. The summed E-state index contributed by atoms with van der Waals surface area (Å²) in [6, 6.07) is 5.17. The van der Waals surface area contributed by atoms with Crippen LogP contribution in [0.15, 0.2) is 0 Å². The molecule has 6 heteroatoms. The van der Waals surface area contributed by atoms with Crippen molar-refractivity contribution in [2.45, 2.75) is 51.4 Å². The molecule has 0 N–H and O–H groups in total. The molecule has 116 valence electrons. The average molecular weight is 325 g/mol. The molecule has 0 saturated carbocycles. The van der Waals surface area contributed by atoms with E-state index in [1.807, 2.05) is 0 Å². The summed E-state index contributed by atoms with van der Waals surface area (Å²) in [5, 5.41) is 1.40. The van der Waals surface area contributed by atoms with Crippen molar-refractivity contribution in [2.75, 3.05) is 32.5 Å². The molecule has 0 aliphatic rings. The number of rotatable bonds is 12. The Morgan fingerprint density at radius 1 is 0.842 bits per heavy atom. The van der Waals surface area contributed by atoms with E-state index in [0.717, 1.165) is 12.5 Å². The fourth-order valence-electron chi connectivity index (χ4n) is 2.29. The predicted molar refractivity (Wildman–Crippen MR) is 90.7 cm³/mol. The molecule has 0 aromatic carbocycles. The van der Waals surface area contributed by atoms with Crippen LogP contribution in [0.4, 0.5) is 0 Å². The second-order valence-corrected chi connectivity index (χ2v) is 15.2. The summed E-state index contributed by atoms with van der Waals surface area (Å²) in [6.07, 6.45) is 1.12. The van der Waals surface area contributed by atoms with Gasteiger partial charge in [0.1, 0.15) is 0 Å². The van der Waals surface area contributed by atoms with Gasteiger partial charge in [0.05, 0.1) is 8.07 Å². The van der Waals surface area contributed by atoms with Crippen molar-refractivity contribution >= 4 is 28.6 Å². The fraction of sp³-hybridized carbons (Fsp3) is 1.00. The van der Waals surface area contributed by atoms with Gasteiger partial charge < -0.3 is 13.3 Å². The second kappa shape index (κ2) is 10.4. The van der Waals surface area contributed by atoms with E-state index in [0.29, 0.717) is 0 Å². The average Bonchev–Trinajstić information content (AvgIpc) is 2.48. The van der Waals surface area contributed by atoms with Crippen LogP contribution in [0.25, 0.3) is 0 Å². The maximum Gasteiger partial charge on any atom is 0.500 e. The molecular weight excluding hydrogens is 292 g/mol. The third-order valence-corrected chi connectivity index (χ3v) is 15.5. The van der Waals surface area contributed by atoms with Crippen LogP contribution in [-0.2, 0) is 13.3 Å². The Hall–Kier alpha value is 0.664. The lowest BCUT2D eigenvalue weighted by molar-refractivity contribution is 0.123. The van der Waals surface area contributed by atoms with Gasteiger partial charge in [-0.2, -0.15) is 11.8 Å². The van der Waals surface area contributed by atoms with Gasteiger partial charge in [-0.1, -0.05) is 38.9 Å². The van der Waals surface area contributed by atoms with E-state index in [9.17, 15) is 0 Å². The first kappa shape index (κ1) is 19.7. The van der Waals surface area contributed by atoms with Gasteiger partial charge >= 0.3 is 8.80 Å². The summed E-state index contributed by atoms with van der Waals surface area (Å²) >= 11 is 2.12. The molecule has 3 nitrogen and oxygen atoms in total. The van der Waals surface area contributed by atoms with E-state index in [-0.39, 0.29) is 0 Å². The molecule has 0 aromatic rings. The molecule has 0 aliphatic carbocycles. The predicted octanol–water partition coefficient (Wildman–Crippen LogP) is 4.04. The maximum absolute atomic E-state index is 5.44. The Morgan fingerprint density at radius 2 is 1.32 bits per heavy atom. The van der Waals surface area contributed by atoms with Gasteiger partial charge in [0.2, 0.25) is 0 Å². The lowest BCUT2D eigenvalue weighted by atomic mass is 10.6. The SMILES string of the molecule is CC[Si](CC)(CC)CSCCC[Si](OC)(OC)OC. The van der Waals surface area contributed by atoms with Crippen molar-refractivity contribution in [1.29, 1.82) is 0 Å². The van der Waals surface area contributed by atoms with Crippen LogP contribution >= 0.6 is 11.8 Å². The largest absolute Gasteiger partial charge is 0.500 e. The van der Waals surface area contributed by atoms with Gasteiger partial charge in [0, 0.05) is 27.4 Å². The van der Waals surface area contributed by atoms with Gasteiger partial charge in [-0.25, -0.2) is 0 Å². The molecule has 0 unspecified atom stereocenters. The van der Waals surface area contributed by atoms with Crippen molar-refractivity contribution in [3.63, 3.8) is 0 Å². The molecule has 0 heterocycles. The van der Waals surface area contributed by atoms with Crippen molar-refractivity contribution in [1.82, 2.24) is 0 Å². The third kappa shape index (κ3) is 6.31. The van der Waals surface area contributed by atoms with E-state index < -0.39 is 16.9 Å². The number of hydrogen-bond donors (Lipinski definition) is 0. The summed E-state index contributed by atoms with van der Waals surface area (Å²) in [6.45, 7) is 7.12.